The molecule has 72 valence electrons. The maximum atomic E-state index is 5.26. The molecule has 1 heterocycles. The van der Waals surface area contributed by atoms with Gasteiger partial charge in [0.1, 0.15) is 0 Å². The Hall–Kier alpha value is 0.490. The normalized spacial score (nSPS) is 21.2. The topological polar surface area (TPSA) is 30.9 Å². The van der Waals surface area contributed by atoms with Crippen molar-refractivity contribution >= 4 is 18.4 Å². The molecule has 1 aliphatic heterocycles. The highest BCUT2D eigenvalue weighted by molar-refractivity contribution is 8.08. The first-order valence-electron chi connectivity index (χ1n) is 3.77. The van der Waals surface area contributed by atoms with E-state index in [2.05, 4.69) is 0 Å². The smallest absolute Gasteiger partial charge is 0.263 e. The summed E-state index contributed by atoms with van der Waals surface area (Å²) in [4.78, 5) is 0. The van der Waals surface area contributed by atoms with Gasteiger partial charge in [0.15, 0.2) is 0 Å². The maximum absolute atomic E-state index is 5.26. The fourth-order valence-corrected chi connectivity index (χ4v) is 2.86. The number of hydrogen-bond donors (Lipinski definition) is 0. The highest BCUT2D eigenvalue weighted by Crippen LogP contribution is 2.50. The summed E-state index contributed by atoms with van der Waals surface area (Å²) in [7, 11) is 3.19. The molecule has 0 saturated carbocycles. The number of ether oxygens (including phenoxy) is 1. The van der Waals surface area contributed by atoms with Gasteiger partial charge in [-0.15, -0.1) is 0 Å². The monoisotopic (exact) mass is 211 g/mol. The van der Waals surface area contributed by atoms with E-state index in [1.54, 1.807) is 14.2 Å². The predicted molar refractivity (Wildman–Crippen MR) is 50.7 cm³/mol. The van der Waals surface area contributed by atoms with E-state index < -0.39 is 6.64 Å². The predicted octanol–water partition coefficient (Wildman–Crippen LogP) is 0.836. The van der Waals surface area contributed by atoms with Gasteiger partial charge in [-0.3, -0.25) is 0 Å². The van der Waals surface area contributed by atoms with E-state index in [1.807, 2.05) is 4.67 Å². The van der Waals surface area contributed by atoms with Crippen molar-refractivity contribution in [2.75, 3.05) is 40.5 Å². The van der Waals surface area contributed by atoms with Gasteiger partial charge in [-0.1, -0.05) is 0 Å². The summed E-state index contributed by atoms with van der Waals surface area (Å²) in [6, 6.07) is 0. The van der Waals surface area contributed by atoms with E-state index in [0.717, 1.165) is 13.1 Å². The fourth-order valence-electron chi connectivity index (χ4n) is 1.10. The molecular weight excluding hydrogens is 197 g/mol. The molecule has 0 unspecified atom stereocenters. The molecule has 1 fully saturated rings. The largest absolute Gasteiger partial charge is 0.379 e. The Morgan fingerprint density at radius 2 is 1.75 bits per heavy atom. The van der Waals surface area contributed by atoms with Crippen molar-refractivity contribution in [3.8, 4) is 0 Å². The zero-order valence-corrected chi connectivity index (χ0v) is 9.07. The molecule has 1 rings (SSSR count). The van der Waals surface area contributed by atoms with Gasteiger partial charge in [-0.05, 0) is 11.8 Å². The van der Waals surface area contributed by atoms with Gasteiger partial charge in [0, 0.05) is 27.3 Å². The molecule has 1 saturated heterocycles. The lowest BCUT2D eigenvalue weighted by Crippen LogP contribution is -2.34. The van der Waals surface area contributed by atoms with Gasteiger partial charge in [0.2, 0.25) is 0 Å². The molecule has 4 nitrogen and oxygen atoms in total. The van der Waals surface area contributed by atoms with Gasteiger partial charge >= 0.3 is 0 Å². The molecule has 0 radical (unpaired) electrons. The van der Waals surface area contributed by atoms with Crippen molar-refractivity contribution < 1.29 is 13.8 Å². The van der Waals surface area contributed by atoms with Crippen molar-refractivity contribution in [1.82, 2.24) is 4.67 Å². The summed E-state index contributed by atoms with van der Waals surface area (Å²) in [6.07, 6.45) is 0. The minimum atomic E-state index is -2.17. The molecule has 0 atom stereocenters. The highest BCUT2D eigenvalue weighted by Gasteiger charge is 2.27. The lowest BCUT2D eigenvalue weighted by Gasteiger charge is -2.33. The second-order valence-electron chi connectivity index (χ2n) is 2.40. The standard InChI is InChI=1S/C6H14NO3PS/c1-8-11(12,9-2)7-3-5-10-6-4-7/h3-6H2,1-2H3. The van der Waals surface area contributed by atoms with Crippen LogP contribution in [0.2, 0.25) is 0 Å². The number of nitrogens with zero attached hydrogens (tertiary/aromatic N) is 1. The van der Waals surface area contributed by atoms with Crippen LogP contribution >= 0.6 is 6.64 Å². The molecule has 0 N–H and O–H groups in total. The van der Waals surface area contributed by atoms with Crippen LogP contribution in [0.1, 0.15) is 0 Å². The van der Waals surface area contributed by atoms with Gasteiger partial charge in [0.25, 0.3) is 6.64 Å². The van der Waals surface area contributed by atoms with Gasteiger partial charge < -0.3 is 13.8 Å². The van der Waals surface area contributed by atoms with Crippen LogP contribution in [0.3, 0.4) is 0 Å². The van der Waals surface area contributed by atoms with Crippen LogP contribution in [0.25, 0.3) is 0 Å². The quantitative estimate of drug-likeness (QED) is 0.645. The highest BCUT2D eigenvalue weighted by atomic mass is 32.5. The molecule has 6 heteroatoms. The minimum absolute atomic E-state index is 0.713. The van der Waals surface area contributed by atoms with E-state index in [0.29, 0.717) is 13.2 Å². The summed E-state index contributed by atoms with van der Waals surface area (Å²) >= 11 is 5.26. The summed E-state index contributed by atoms with van der Waals surface area (Å²) in [5.74, 6) is 0. The molecule has 12 heavy (non-hydrogen) atoms. The first-order valence-corrected chi connectivity index (χ1v) is 6.36. The van der Waals surface area contributed by atoms with Crippen LogP contribution in [0, 0.1) is 0 Å². The summed E-state index contributed by atoms with van der Waals surface area (Å²) in [5, 5.41) is 0. The average Bonchev–Trinajstić information content (AvgIpc) is 2.18. The SMILES string of the molecule is COP(=S)(OC)N1CCOCC1. The average molecular weight is 211 g/mol. The van der Waals surface area contributed by atoms with E-state index in [1.165, 1.54) is 0 Å². The van der Waals surface area contributed by atoms with Crippen molar-refractivity contribution in [1.29, 1.82) is 0 Å². The summed E-state index contributed by atoms with van der Waals surface area (Å²) in [5.41, 5.74) is 0. The molecule has 0 aromatic heterocycles. The van der Waals surface area contributed by atoms with Crippen molar-refractivity contribution in [2.45, 2.75) is 0 Å². The Labute approximate surface area is 78.0 Å². The molecule has 1 aliphatic rings. The van der Waals surface area contributed by atoms with E-state index in [4.69, 9.17) is 25.6 Å². The number of hydrogen-bond acceptors (Lipinski definition) is 4. The lowest BCUT2D eigenvalue weighted by atomic mass is 10.5. The van der Waals surface area contributed by atoms with E-state index >= 15 is 0 Å². The molecule has 0 bridgehead atoms. The van der Waals surface area contributed by atoms with Crippen molar-refractivity contribution in [2.24, 2.45) is 0 Å². The molecule has 0 spiro atoms. The van der Waals surface area contributed by atoms with E-state index in [9.17, 15) is 0 Å². The van der Waals surface area contributed by atoms with Gasteiger partial charge in [-0.2, -0.15) is 0 Å². The van der Waals surface area contributed by atoms with Crippen LogP contribution in [-0.4, -0.2) is 45.2 Å². The molecule has 0 amide bonds. The second-order valence-corrected chi connectivity index (χ2v) is 6.02. The third-order valence-electron chi connectivity index (χ3n) is 1.80. The van der Waals surface area contributed by atoms with E-state index in [-0.39, 0.29) is 0 Å². The lowest BCUT2D eigenvalue weighted by molar-refractivity contribution is 0.0636. The Bertz CT molecular complexity index is 176. The molecule has 0 aliphatic carbocycles. The van der Waals surface area contributed by atoms with Crippen LogP contribution in [0.4, 0.5) is 0 Å². The minimum Gasteiger partial charge on any atom is -0.379 e. The third-order valence-corrected chi connectivity index (χ3v) is 5.40. The second kappa shape index (κ2) is 4.65. The Morgan fingerprint density at radius 3 is 2.17 bits per heavy atom. The Kier molecular flexibility index (Phi) is 4.10. The molecule has 0 aromatic rings. The van der Waals surface area contributed by atoms with Crippen molar-refractivity contribution in [3.63, 3.8) is 0 Å². The molecular formula is C6H14NO3PS. The van der Waals surface area contributed by atoms with Crippen LogP contribution < -0.4 is 0 Å². The number of rotatable bonds is 3. The first kappa shape index (κ1) is 10.6. The Morgan fingerprint density at radius 1 is 1.25 bits per heavy atom. The summed E-state index contributed by atoms with van der Waals surface area (Å²) < 4.78 is 17.7. The molecule has 0 aromatic carbocycles. The zero-order chi connectivity index (χ0) is 9.03. The fraction of sp³-hybridized carbons (Fsp3) is 1.00. The zero-order valence-electron chi connectivity index (χ0n) is 7.36. The van der Waals surface area contributed by atoms with Crippen molar-refractivity contribution in [3.05, 3.63) is 0 Å². The third kappa shape index (κ3) is 2.25. The first-order chi connectivity index (χ1) is 5.73. The maximum Gasteiger partial charge on any atom is 0.263 e. The van der Waals surface area contributed by atoms with Gasteiger partial charge in [0.05, 0.1) is 13.2 Å². The van der Waals surface area contributed by atoms with Crippen LogP contribution in [0.15, 0.2) is 0 Å². The number of morpholine rings is 1. The van der Waals surface area contributed by atoms with Crippen LogP contribution in [-0.2, 0) is 25.6 Å². The van der Waals surface area contributed by atoms with Crippen LogP contribution in [0.5, 0.6) is 0 Å². The summed E-state index contributed by atoms with van der Waals surface area (Å²) in [6.45, 7) is 0.866. The van der Waals surface area contributed by atoms with Gasteiger partial charge in [-0.25, -0.2) is 4.67 Å². The Balaban J connectivity index is 2.58.